The molecule has 1 aromatic carbocycles. The topological polar surface area (TPSA) is 241 Å². The van der Waals surface area contributed by atoms with Gasteiger partial charge in [0.05, 0.1) is 6.04 Å². The Bertz CT molecular complexity index is 1240. The van der Waals surface area contributed by atoms with Crippen molar-refractivity contribution in [1.29, 1.82) is 0 Å². The number of carbonyl (C=O) groups excluding carboxylic acids is 3. The Labute approximate surface area is 229 Å². The zero-order chi connectivity index (χ0) is 30.0. The number of hydrogen-bond donors (Lipinski definition) is 8. The van der Waals surface area contributed by atoms with E-state index in [0.717, 1.165) is 10.9 Å². The molecule has 218 valence electrons. The SMILES string of the molecule is CC(C)C(N)C(=O)NC(CCC(=O)O)C(=O)NC(Cc1c[nH]c2ccccc12)C(=O)NC(CCC(=O)O)C(=O)O. The van der Waals surface area contributed by atoms with E-state index in [-0.39, 0.29) is 18.8 Å². The smallest absolute Gasteiger partial charge is 0.326 e. The average molecular weight is 562 g/mol. The van der Waals surface area contributed by atoms with Crippen LogP contribution in [0.3, 0.4) is 0 Å². The fourth-order valence-corrected chi connectivity index (χ4v) is 3.91. The van der Waals surface area contributed by atoms with Crippen molar-refractivity contribution in [3.05, 3.63) is 36.0 Å². The summed E-state index contributed by atoms with van der Waals surface area (Å²) in [6.45, 7) is 3.39. The summed E-state index contributed by atoms with van der Waals surface area (Å²) in [4.78, 5) is 75.9. The fraction of sp³-hybridized carbons (Fsp3) is 0.462. The van der Waals surface area contributed by atoms with Crippen molar-refractivity contribution in [1.82, 2.24) is 20.9 Å². The molecular formula is C26H35N5O9. The van der Waals surface area contributed by atoms with Gasteiger partial charge in [-0.25, -0.2) is 4.79 Å². The predicted molar refractivity (Wildman–Crippen MR) is 142 cm³/mol. The zero-order valence-electron chi connectivity index (χ0n) is 22.2. The van der Waals surface area contributed by atoms with Crippen LogP contribution in [0, 0.1) is 5.92 Å². The summed E-state index contributed by atoms with van der Waals surface area (Å²) in [5.41, 5.74) is 7.23. The number of carbonyl (C=O) groups is 6. The van der Waals surface area contributed by atoms with Crippen LogP contribution in [0.15, 0.2) is 30.5 Å². The molecule has 1 heterocycles. The summed E-state index contributed by atoms with van der Waals surface area (Å²) < 4.78 is 0. The zero-order valence-corrected chi connectivity index (χ0v) is 22.2. The van der Waals surface area contributed by atoms with Gasteiger partial charge in [0.15, 0.2) is 0 Å². The number of H-pyrrole nitrogens is 1. The molecule has 2 rings (SSSR count). The highest BCUT2D eigenvalue weighted by molar-refractivity contribution is 5.95. The van der Waals surface area contributed by atoms with Crippen molar-refractivity contribution >= 4 is 46.5 Å². The van der Waals surface area contributed by atoms with Gasteiger partial charge in [0, 0.05) is 36.4 Å². The molecule has 0 fully saturated rings. The van der Waals surface area contributed by atoms with E-state index < -0.39 is 79.1 Å². The normalized spacial score (nSPS) is 14.1. The molecule has 3 amide bonds. The number of amides is 3. The Kier molecular flexibility index (Phi) is 11.6. The minimum atomic E-state index is -1.54. The van der Waals surface area contributed by atoms with Gasteiger partial charge >= 0.3 is 17.9 Å². The number of nitrogens with two attached hydrogens (primary N) is 1. The highest BCUT2D eigenvalue weighted by atomic mass is 16.4. The molecule has 4 atom stereocenters. The van der Waals surface area contributed by atoms with E-state index in [9.17, 15) is 33.9 Å². The van der Waals surface area contributed by atoms with Crippen LogP contribution in [-0.2, 0) is 35.2 Å². The maximum atomic E-state index is 13.3. The molecule has 4 unspecified atom stereocenters. The van der Waals surface area contributed by atoms with Gasteiger partial charge in [-0.1, -0.05) is 32.0 Å². The van der Waals surface area contributed by atoms with Gasteiger partial charge in [-0.15, -0.1) is 0 Å². The van der Waals surface area contributed by atoms with Crippen LogP contribution in [0.4, 0.5) is 0 Å². The van der Waals surface area contributed by atoms with Gasteiger partial charge in [-0.3, -0.25) is 24.0 Å². The number of rotatable bonds is 16. The molecule has 0 spiro atoms. The van der Waals surface area contributed by atoms with Crippen LogP contribution in [0.1, 0.15) is 45.1 Å². The number of fused-ring (bicyclic) bond motifs is 1. The number of aromatic amines is 1. The van der Waals surface area contributed by atoms with Crippen molar-refractivity contribution < 1.29 is 44.1 Å². The Morgan fingerprint density at radius 3 is 1.90 bits per heavy atom. The quantitative estimate of drug-likeness (QED) is 0.136. The number of carboxylic acids is 3. The molecule has 0 saturated carbocycles. The first kappa shape index (κ1) is 31.8. The average Bonchev–Trinajstić information content (AvgIpc) is 3.29. The van der Waals surface area contributed by atoms with Gasteiger partial charge < -0.3 is 42.0 Å². The first-order chi connectivity index (χ1) is 18.8. The van der Waals surface area contributed by atoms with E-state index in [4.69, 9.17) is 15.9 Å². The minimum absolute atomic E-state index is 0.0992. The lowest BCUT2D eigenvalue weighted by Gasteiger charge is -2.25. The Morgan fingerprint density at radius 2 is 1.32 bits per heavy atom. The number of hydrogen-bond acceptors (Lipinski definition) is 7. The summed E-state index contributed by atoms with van der Waals surface area (Å²) >= 11 is 0. The molecule has 9 N–H and O–H groups in total. The predicted octanol–water partition coefficient (Wildman–Crippen LogP) is -0.0377. The van der Waals surface area contributed by atoms with Crippen LogP contribution in [0.25, 0.3) is 10.9 Å². The van der Waals surface area contributed by atoms with E-state index in [0.29, 0.717) is 5.56 Å². The third-order valence-electron chi connectivity index (χ3n) is 6.29. The minimum Gasteiger partial charge on any atom is -0.481 e. The van der Waals surface area contributed by atoms with Gasteiger partial charge in [0.2, 0.25) is 17.7 Å². The third-order valence-corrected chi connectivity index (χ3v) is 6.29. The summed E-state index contributed by atoms with van der Waals surface area (Å²) in [5.74, 6) is -6.65. The Hall–Kier alpha value is -4.46. The van der Waals surface area contributed by atoms with E-state index in [2.05, 4.69) is 20.9 Å². The molecule has 0 aliphatic heterocycles. The first-order valence-corrected chi connectivity index (χ1v) is 12.7. The highest BCUT2D eigenvalue weighted by Crippen LogP contribution is 2.19. The first-order valence-electron chi connectivity index (χ1n) is 12.7. The molecule has 14 heteroatoms. The van der Waals surface area contributed by atoms with Crippen LogP contribution >= 0.6 is 0 Å². The summed E-state index contributed by atoms with van der Waals surface area (Å²) in [6, 6.07) is 1.92. The Balaban J connectivity index is 2.34. The number of para-hydroxylation sites is 1. The highest BCUT2D eigenvalue weighted by Gasteiger charge is 2.31. The molecule has 14 nitrogen and oxygen atoms in total. The molecule has 0 aliphatic carbocycles. The molecule has 0 radical (unpaired) electrons. The number of nitrogens with one attached hydrogen (secondary N) is 4. The van der Waals surface area contributed by atoms with Gasteiger partial charge in [-0.2, -0.15) is 0 Å². The maximum absolute atomic E-state index is 13.3. The summed E-state index contributed by atoms with van der Waals surface area (Å²) in [6.07, 6.45) is -0.148. The molecule has 0 bridgehead atoms. The van der Waals surface area contributed by atoms with E-state index >= 15 is 0 Å². The lowest BCUT2D eigenvalue weighted by Crippen LogP contribution is -2.58. The van der Waals surface area contributed by atoms with Gasteiger partial charge in [-0.05, 0) is 30.4 Å². The Morgan fingerprint density at radius 1 is 0.800 bits per heavy atom. The number of benzene rings is 1. The van der Waals surface area contributed by atoms with E-state index in [1.807, 2.05) is 0 Å². The summed E-state index contributed by atoms with van der Waals surface area (Å²) in [5, 5.41) is 35.5. The lowest BCUT2D eigenvalue weighted by molar-refractivity contribution is -0.143. The van der Waals surface area contributed by atoms with Crippen molar-refractivity contribution in [3.63, 3.8) is 0 Å². The molecule has 0 aliphatic rings. The van der Waals surface area contributed by atoms with Gasteiger partial charge in [0.1, 0.15) is 18.1 Å². The maximum Gasteiger partial charge on any atom is 0.326 e. The molecule has 40 heavy (non-hydrogen) atoms. The lowest BCUT2D eigenvalue weighted by atomic mass is 10.0. The number of aromatic nitrogens is 1. The van der Waals surface area contributed by atoms with E-state index in [1.54, 1.807) is 44.3 Å². The van der Waals surface area contributed by atoms with Crippen molar-refractivity contribution in [2.75, 3.05) is 0 Å². The fourth-order valence-electron chi connectivity index (χ4n) is 3.91. The van der Waals surface area contributed by atoms with E-state index in [1.165, 1.54) is 0 Å². The third kappa shape index (κ3) is 9.38. The van der Waals surface area contributed by atoms with Crippen LogP contribution in [0.5, 0.6) is 0 Å². The summed E-state index contributed by atoms with van der Waals surface area (Å²) in [7, 11) is 0. The molecule has 2 aromatic rings. The second kappa shape index (κ2) is 14.6. The van der Waals surface area contributed by atoms with Crippen molar-refractivity contribution in [2.24, 2.45) is 11.7 Å². The van der Waals surface area contributed by atoms with Crippen molar-refractivity contribution in [2.45, 2.75) is 70.1 Å². The van der Waals surface area contributed by atoms with Gasteiger partial charge in [0.25, 0.3) is 0 Å². The largest absolute Gasteiger partial charge is 0.481 e. The monoisotopic (exact) mass is 561 g/mol. The van der Waals surface area contributed by atoms with Crippen LogP contribution < -0.4 is 21.7 Å². The molecular weight excluding hydrogens is 526 g/mol. The number of aliphatic carboxylic acids is 3. The second-order valence-corrected chi connectivity index (χ2v) is 9.72. The number of carboxylic acid groups (broad SMARTS) is 3. The molecule has 1 aromatic heterocycles. The van der Waals surface area contributed by atoms with Crippen LogP contribution in [0.2, 0.25) is 0 Å². The molecule has 0 saturated heterocycles. The van der Waals surface area contributed by atoms with Crippen molar-refractivity contribution in [3.8, 4) is 0 Å². The van der Waals surface area contributed by atoms with Crippen LogP contribution in [-0.4, -0.2) is 80.1 Å². The second-order valence-electron chi connectivity index (χ2n) is 9.72. The standard InChI is InChI=1S/C26H35N5O9/c1-13(2)22(27)25(38)29-17(7-9-20(32)33)23(36)31-19(11-14-12-28-16-6-4-3-5-15(14)16)24(37)30-18(26(39)40)8-10-21(34)35/h3-6,12-13,17-19,22,28H,7-11,27H2,1-2H3,(H,29,38)(H,30,37)(H,31,36)(H,32,33)(H,34,35)(H,39,40).